The van der Waals surface area contributed by atoms with Crippen LogP contribution in [0.5, 0.6) is 0 Å². The van der Waals surface area contributed by atoms with Crippen molar-refractivity contribution in [2.45, 2.75) is 44.6 Å². The molecule has 2 heterocycles. The van der Waals surface area contributed by atoms with Crippen LogP contribution < -0.4 is 0 Å². The van der Waals surface area contributed by atoms with Crippen molar-refractivity contribution in [3.05, 3.63) is 21.1 Å². The van der Waals surface area contributed by atoms with Crippen molar-refractivity contribution in [3.63, 3.8) is 0 Å². The van der Waals surface area contributed by atoms with Crippen LogP contribution in [0.2, 0.25) is 5.15 Å². The number of halogens is 2. The molecule has 1 aliphatic rings. The van der Waals surface area contributed by atoms with E-state index in [-0.39, 0.29) is 5.41 Å². The van der Waals surface area contributed by atoms with E-state index in [1.807, 2.05) is 0 Å². The molecule has 20 heavy (non-hydrogen) atoms. The largest absolute Gasteiger partial charge is 0.381 e. The number of ether oxygens (including phenoxy) is 2. The molecule has 1 aliphatic heterocycles. The van der Waals surface area contributed by atoms with E-state index in [4.69, 9.17) is 26.1 Å². The van der Waals surface area contributed by atoms with Crippen LogP contribution in [0.4, 0.5) is 0 Å². The van der Waals surface area contributed by atoms with Crippen molar-refractivity contribution < 1.29 is 9.47 Å². The highest BCUT2D eigenvalue weighted by atomic mass is 79.9. The summed E-state index contributed by atoms with van der Waals surface area (Å²) >= 11 is 9.77. The lowest BCUT2D eigenvalue weighted by molar-refractivity contribution is -0.100. The van der Waals surface area contributed by atoms with Crippen LogP contribution in [0.15, 0.2) is 4.47 Å². The molecule has 0 aromatic carbocycles. The molecule has 0 atom stereocenters. The van der Waals surface area contributed by atoms with E-state index in [2.05, 4.69) is 41.7 Å². The lowest BCUT2D eigenvalue weighted by Gasteiger charge is -2.35. The van der Waals surface area contributed by atoms with Gasteiger partial charge in [-0.15, -0.1) is 0 Å². The Kier molecular flexibility index (Phi) is 4.74. The lowest BCUT2D eigenvalue weighted by atomic mass is 9.90. The summed E-state index contributed by atoms with van der Waals surface area (Å²) < 4.78 is 11.9. The number of hydrogen-bond acceptors (Lipinski definition) is 4. The molecule has 1 fully saturated rings. The van der Waals surface area contributed by atoms with Crippen LogP contribution in [0.1, 0.15) is 45.1 Å². The van der Waals surface area contributed by atoms with Gasteiger partial charge in [0, 0.05) is 38.6 Å². The second-order valence-electron chi connectivity index (χ2n) is 6.06. The fourth-order valence-corrected chi connectivity index (χ4v) is 3.28. The molecular weight excluding hydrogens is 344 g/mol. The Morgan fingerprint density at radius 1 is 1.25 bits per heavy atom. The summed E-state index contributed by atoms with van der Waals surface area (Å²) in [5, 5.41) is 0.433. The van der Waals surface area contributed by atoms with E-state index < -0.39 is 5.60 Å². The Morgan fingerprint density at radius 2 is 1.85 bits per heavy atom. The highest BCUT2D eigenvalue weighted by Gasteiger charge is 2.39. The molecule has 0 N–H and O–H groups in total. The fourth-order valence-electron chi connectivity index (χ4n) is 2.34. The fraction of sp³-hybridized carbons (Fsp3) is 0.714. The summed E-state index contributed by atoms with van der Waals surface area (Å²) in [5.74, 6) is 0.654. The SMILES string of the molecule is COC1(c2nc(Cl)c(Br)c(C(C)(C)C)n2)CCOCC1. The third-order valence-corrected chi connectivity index (χ3v) is 4.87. The van der Waals surface area contributed by atoms with E-state index >= 15 is 0 Å². The van der Waals surface area contributed by atoms with Crippen molar-refractivity contribution in [1.29, 1.82) is 0 Å². The minimum atomic E-state index is -0.497. The molecule has 2 rings (SSSR count). The highest BCUT2D eigenvalue weighted by Crippen LogP contribution is 2.38. The molecule has 112 valence electrons. The van der Waals surface area contributed by atoms with Gasteiger partial charge in [0.05, 0.1) is 10.2 Å². The van der Waals surface area contributed by atoms with Crippen molar-refractivity contribution in [1.82, 2.24) is 9.97 Å². The first-order valence-corrected chi connectivity index (χ1v) is 7.84. The van der Waals surface area contributed by atoms with E-state index in [0.717, 1.165) is 23.0 Å². The van der Waals surface area contributed by atoms with Gasteiger partial charge >= 0.3 is 0 Å². The zero-order valence-electron chi connectivity index (χ0n) is 12.3. The van der Waals surface area contributed by atoms with Crippen molar-refractivity contribution in [3.8, 4) is 0 Å². The third kappa shape index (κ3) is 3.01. The van der Waals surface area contributed by atoms with Gasteiger partial charge in [-0.25, -0.2) is 9.97 Å². The summed E-state index contributed by atoms with van der Waals surface area (Å²) in [7, 11) is 1.70. The topological polar surface area (TPSA) is 44.2 Å². The summed E-state index contributed by atoms with van der Waals surface area (Å²) in [6, 6.07) is 0. The van der Waals surface area contributed by atoms with E-state index in [9.17, 15) is 0 Å². The molecule has 1 aromatic heterocycles. The van der Waals surface area contributed by atoms with Gasteiger partial charge in [-0.2, -0.15) is 0 Å². The molecule has 0 amide bonds. The maximum Gasteiger partial charge on any atom is 0.162 e. The van der Waals surface area contributed by atoms with Gasteiger partial charge in [-0.05, 0) is 15.9 Å². The quantitative estimate of drug-likeness (QED) is 0.749. The Morgan fingerprint density at radius 3 is 2.35 bits per heavy atom. The van der Waals surface area contributed by atoms with Crippen molar-refractivity contribution in [2.24, 2.45) is 0 Å². The first-order valence-electron chi connectivity index (χ1n) is 6.67. The Hall–Kier alpha value is -0.230. The summed E-state index contributed by atoms with van der Waals surface area (Å²) in [4.78, 5) is 9.19. The van der Waals surface area contributed by atoms with Crippen molar-refractivity contribution in [2.75, 3.05) is 20.3 Å². The van der Waals surface area contributed by atoms with Crippen LogP contribution >= 0.6 is 27.5 Å². The molecule has 1 saturated heterocycles. The van der Waals surface area contributed by atoms with Crippen LogP contribution in [0, 0.1) is 0 Å². The summed E-state index contributed by atoms with van der Waals surface area (Å²) in [5.41, 5.74) is 0.276. The van der Waals surface area contributed by atoms with Gasteiger partial charge in [-0.1, -0.05) is 32.4 Å². The van der Waals surface area contributed by atoms with Gasteiger partial charge in [0.15, 0.2) is 5.82 Å². The average Bonchev–Trinajstić information content (AvgIpc) is 2.41. The van der Waals surface area contributed by atoms with E-state index in [0.29, 0.717) is 24.2 Å². The summed E-state index contributed by atoms with van der Waals surface area (Å²) in [6.45, 7) is 7.60. The predicted octanol–water partition coefficient (Wildman–Crippen LogP) is 3.84. The normalized spacial score (nSPS) is 19.1. The maximum absolute atomic E-state index is 6.28. The van der Waals surface area contributed by atoms with Crippen molar-refractivity contribution >= 4 is 27.5 Å². The first kappa shape index (κ1) is 16.1. The molecule has 0 spiro atoms. The minimum Gasteiger partial charge on any atom is -0.381 e. The molecule has 1 aromatic rings. The number of hydrogen-bond donors (Lipinski definition) is 0. The van der Waals surface area contributed by atoms with Gasteiger partial charge in [0.1, 0.15) is 10.8 Å². The van der Waals surface area contributed by atoms with E-state index in [1.165, 1.54) is 0 Å². The molecule has 0 unspecified atom stereocenters. The molecule has 0 bridgehead atoms. The number of aromatic nitrogens is 2. The number of rotatable bonds is 2. The smallest absolute Gasteiger partial charge is 0.162 e. The third-order valence-electron chi connectivity index (χ3n) is 3.62. The second-order valence-corrected chi connectivity index (χ2v) is 7.21. The van der Waals surface area contributed by atoms with Crippen LogP contribution in [0.3, 0.4) is 0 Å². The Balaban J connectivity index is 2.54. The predicted molar refractivity (Wildman–Crippen MR) is 82.2 cm³/mol. The molecule has 0 radical (unpaired) electrons. The molecule has 0 saturated carbocycles. The Bertz CT molecular complexity index is 497. The molecule has 4 nitrogen and oxygen atoms in total. The Labute approximate surface area is 133 Å². The number of methoxy groups -OCH3 is 1. The molecule has 0 aliphatic carbocycles. The highest BCUT2D eigenvalue weighted by molar-refractivity contribution is 9.10. The van der Waals surface area contributed by atoms with Gasteiger partial charge in [-0.3, -0.25) is 0 Å². The minimum absolute atomic E-state index is 0.125. The monoisotopic (exact) mass is 362 g/mol. The lowest BCUT2D eigenvalue weighted by Crippen LogP contribution is -2.38. The number of nitrogens with zero attached hydrogens (tertiary/aromatic N) is 2. The first-order chi connectivity index (χ1) is 9.30. The molecule has 6 heteroatoms. The maximum atomic E-state index is 6.28. The van der Waals surface area contributed by atoms with Gasteiger partial charge in [0.25, 0.3) is 0 Å². The van der Waals surface area contributed by atoms with Gasteiger partial charge < -0.3 is 9.47 Å². The zero-order chi connectivity index (χ0) is 15.0. The van der Waals surface area contributed by atoms with E-state index in [1.54, 1.807) is 7.11 Å². The van der Waals surface area contributed by atoms with Crippen LogP contribution in [-0.2, 0) is 20.5 Å². The zero-order valence-corrected chi connectivity index (χ0v) is 14.6. The van der Waals surface area contributed by atoms with Gasteiger partial charge in [0.2, 0.25) is 0 Å². The standard InChI is InChI=1S/C14H20BrClN2O2/c1-13(2,3)10-9(15)11(16)18-12(17-10)14(19-4)5-7-20-8-6-14/h5-8H2,1-4H3. The second kappa shape index (κ2) is 5.87. The molecular formula is C14H20BrClN2O2. The van der Waals surface area contributed by atoms with Crippen LogP contribution in [-0.4, -0.2) is 30.3 Å². The van der Waals surface area contributed by atoms with Crippen LogP contribution in [0.25, 0.3) is 0 Å². The summed E-state index contributed by atoms with van der Waals surface area (Å²) in [6.07, 6.45) is 1.48. The average molecular weight is 364 g/mol.